The Morgan fingerprint density at radius 3 is 2.02 bits per heavy atom. The molecule has 306 valence electrons. The van der Waals surface area contributed by atoms with E-state index in [1.807, 2.05) is 45.0 Å². The molecule has 1 aromatic rings. The zero-order chi connectivity index (χ0) is 39.9. The molecule has 3 rings (SSSR count). The first-order valence-electron chi connectivity index (χ1n) is 19.4. The highest BCUT2D eigenvalue weighted by molar-refractivity contribution is 5.94. The van der Waals surface area contributed by atoms with E-state index in [-0.39, 0.29) is 17.9 Å². The van der Waals surface area contributed by atoms with Crippen LogP contribution in [0.25, 0.3) is 0 Å². The molecule has 1 aromatic carbocycles. The molecule has 4 amide bonds. The molecule has 14 nitrogen and oxygen atoms in total. The summed E-state index contributed by atoms with van der Waals surface area (Å²) in [5, 5.41) is 6.09. The predicted molar refractivity (Wildman–Crippen MR) is 204 cm³/mol. The fourth-order valence-electron chi connectivity index (χ4n) is 6.35. The molecule has 0 radical (unpaired) electrons. The Kier molecular flexibility index (Phi) is 18.1. The standard InChI is InChI=1S/C40H66N4O10/c1-10-18-49-19-20-50-21-22-51-23-24-52-25-26-53-32-27-29-14-11-12-15-30(29)33(32)41-36(46)31-16-13-17-44(31)37(47)34(39(3,4)5)42-35(45)28(2)43(9)38(48)54-40(6,7)8/h11-12,14-15,28,31-34H,10,13,16-27H2,1-9H3,(H,41,46)(H,42,45)/t28-,31-,32+,33-,34+/m0/s1. The largest absolute Gasteiger partial charge is 0.444 e. The summed E-state index contributed by atoms with van der Waals surface area (Å²) in [5.41, 5.74) is 0.675. The van der Waals surface area contributed by atoms with Gasteiger partial charge in [0.2, 0.25) is 17.7 Å². The summed E-state index contributed by atoms with van der Waals surface area (Å²) in [6.07, 6.45) is 1.82. The lowest BCUT2D eigenvalue weighted by Crippen LogP contribution is -2.60. The molecule has 1 heterocycles. The van der Waals surface area contributed by atoms with Crippen molar-refractivity contribution >= 4 is 23.8 Å². The number of carbonyl (C=O) groups excluding carboxylic acids is 4. The monoisotopic (exact) mass is 762 g/mol. The maximum Gasteiger partial charge on any atom is 0.410 e. The number of amides is 4. The Labute approximate surface area is 322 Å². The number of nitrogens with one attached hydrogen (secondary N) is 2. The molecule has 0 bridgehead atoms. The maximum atomic E-state index is 14.2. The van der Waals surface area contributed by atoms with Crippen molar-refractivity contribution in [1.82, 2.24) is 20.4 Å². The van der Waals surface area contributed by atoms with Gasteiger partial charge in [0, 0.05) is 26.6 Å². The Hall–Kier alpha value is -3.30. The first-order chi connectivity index (χ1) is 25.5. The minimum Gasteiger partial charge on any atom is -0.444 e. The van der Waals surface area contributed by atoms with Gasteiger partial charge in [-0.1, -0.05) is 52.0 Å². The molecule has 1 saturated heterocycles. The van der Waals surface area contributed by atoms with Crippen molar-refractivity contribution in [2.45, 2.75) is 117 Å². The van der Waals surface area contributed by atoms with Crippen LogP contribution < -0.4 is 10.6 Å². The van der Waals surface area contributed by atoms with Gasteiger partial charge >= 0.3 is 6.09 Å². The average molecular weight is 763 g/mol. The molecule has 1 aliphatic heterocycles. The number of carbonyl (C=O) groups is 4. The van der Waals surface area contributed by atoms with Crippen LogP contribution in [0.3, 0.4) is 0 Å². The molecule has 54 heavy (non-hydrogen) atoms. The summed E-state index contributed by atoms with van der Waals surface area (Å²) in [7, 11) is 1.49. The molecular formula is C40H66N4O10. The zero-order valence-electron chi connectivity index (χ0n) is 34.1. The van der Waals surface area contributed by atoms with E-state index < -0.39 is 47.2 Å². The number of hydrogen-bond acceptors (Lipinski definition) is 10. The summed E-state index contributed by atoms with van der Waals surface area (Å²) in [6.45, 7) is 19.3. The number of fused-ring (bicyclic) bond motifs is 1. The van der Waals surface area contributed by atoms with Crippen LogP contribution in [0.1, 0.15) is 91.8 Å². The van der Waals surface area contributed by atoms with Crippen LogP contribution in [-0.4, -0.2) is 136 Å². The van der Waals surface area contributed by atoms with Crippen LogP contribution in [0, 0.1) is 5.41 Å². The topological polar surface area (TPSA) is 154 Å². The summed E-state index contributed by atoms with van der Waals surface area (Å²) >= 11 is 0. The van der Waals surface area contributed by atoms with Gasteiger partial charge in [-0.25, -0.2) is 4.79 Å². The first-order valence-corrected chi connectivity index (χ1v) is 19.4. The second-order valence-corrected chi connectivity index (χ2v) is 16.0. The fraction of sp³-hybridized carbons (Fsp3) is 0.750. The van der Waals surface area contributed by atoms with E-state index in [0.29, 0.717) is 78.7 Å². The highest BCUT2D eigenvalue weighted by Gasteiger charge is 2.44. The van der Waals surface area contributed by atoms with Crippen LogP contribution in [-0.2, 0) is 49.2 Å². The Balaban J connectivity index is 1.54. The minimum atomic E-state index is -0.940. The quantitative estimate of drug-likeness (QED) is 0.176. The second-order valence-electron chi connectivity index (χ2n) is 16.0. The van der Waals surface area contributed by atoms with Gasteiger partial charge in [-0.2, -0.15) is 0 Å². The van der Waals surface area contributed by atoms with E-state index in [1.165, 1.54) is 11.9 Å². The number of ether oxygens (including phenoxy) is 6. The third-order valence-electron chi connectivity index (χ3n) is 9.38. The van der Waals surface area contributed by atoms with Gasteiger partial charge < -0.3 is 44.0 Å². The van der Waals surface area contributed by atoms with Gasteiger partial charge in [0.25, 0.3) is 0 Å². The SMILES string of the molecule is CCCOCCOCCOCCOCCO[C@@H]1Cc2ccccc2[C@@H]1NC(=O)[C@@H]1CCCN1C(=O)[C@@H](NC(=O)[C@H](C)N(C)C(=O)OC(C)(C)C)C(C)(C)C. The van der Waals surface area contributed by atoms with E-state index in [0.717, 1.165) is 24.2 Å². The number of hydrogen-bond donors (Lipinski definition) is 2. The van der Waals surface area contributed by atoms with Crippen LogP contribution in [0.5, 0.6) is 0 Å². The van der Waals surface area contributed by atoms with Crippen molar-refractivity contribution in [3.8, 4) is 0 Å². The molecule has 5 atom stereocenters. The average Bonchev–Trinajstić information content (AvgIpc) is 3.74. The number of likely N-dealkylation sites (tertiary alicyclic amines) is 1. The Bertz CT molecular complexity index is 1350. The fourth-order valence-corrected chi connectivity index (χ4v) is 6.35. The van der Waals surface area contributed by atoms with Gasteiger partial charge in [0.15, 0.2) is 0 Å². The summed E-state index contributed by atoms with van der Waals surface area (Å²) in [4.78, 5) is 57.0. The third kappa shape index (κ3) is 14.1. The predicted octanol–water partition coefficient (Wildman–Crippen LogP) is 4.04. The highest BCUT2D eigenvalue weighted by atomic mass is 16.6. The van der Waals surface area contributed by atoms with E-state index in [2.05, 4.69) is 17.6 Å². The van der Waals surface area contributed by atoms with Crippen molar-refractivity contribution in [3.05, 3.63) is 35.4 Å². The molecule has 2 aliphatic rings. The van der Waals surface area contributed by atoms with Gasteiger partial charge in [-0.15, -0.1) is 0 Å². The number of rotatable bonds is 21. The minimum absolute atomic E-state index is 0.265. The lowest BCUT2D eigenvalue weighted by Gasteiger charge is -2.37. The van der Waals surface area contributed by atoms with E-state index in [1.54, 1.807) is 32.6 Å². The smallest absolute Gasteiger partial charge is 0.410 e. The molecular weight excluding hydrogens is 696 g/mol. The van der Waals surface area contributed by atoms with E-state index in [4.69, 9.17) is 28.4 Å². The third-order valence-corrected chi connectivity index (χ3v) is 9.38. The zero-order valence-corrected chi connectivity index (χ0v) is 34.1. The molecule has 0 aromatic heterocycles. The molecule has 0 unspecified atom stereocenters. The van der Waals surface area contributed by atoms with Crippen molar-refractivity contribution < 1.29 is 47.6 Å². The van der Waals surface area contributed by atoms with Crippen LogP contribution in [0.2, 0.25) is 0 Å². The lowest BCUT2D eigenvalue weighted by atomic mass is 9.85. The number of likely N-dealkylation sites (N-methyl/N-ethyl adjacent to an activating group) is 1. The van der Waals surface area contributed by atoms with Crippen molar-refractivity contribution in [2.75, 3.05) is 73.1 Å². The highest BCUT2D eigenvalue weighted by Crippen LogP contribution is 2.34. The molecule has 2 N–H and O–H groups in total. The van der Waals surface area contributed by atoms with Crippen LogP contribution >= 0.6 is 0 Å². The van der Waals surface area contributed by atoms with Crippen molar-refractivity contribution in [1.29, 1.82) is 0 Å². The van der Waals surface area contributed by atoms with Gasteiger partial charge in [-0.3, -0.25) is 19.3 Å². The van der Waals surface area contributed by atoms with Crippen molar-refractivity contribution in [3.63, 3.8) is 0 Å². The van der Waals surface area contributed by atoms with Gasteiger partial charge in [-0.05, 0) is 63.5 Å². The van der Waals surface area contributed by atoms with Crippen LogP contribution in [0.4, 0.5) is 4.79 Å². The van der Waals surface area contributed by atoms with E-state index in [9.17, 15) is 19.2 Å². The Morgan fingerprint density at radius 1 is 0.870 bits per heavy atom. The summed E-state index contributed by atoms with van der Waals surface area (Å²) in [5.74, 6) is -1.10. The summed E-state index contributed by atoms with van der Waals surface area (Å²) in [6, 6.07) is 5.00. The number of nitrogens with zero attached hydrogens (tertiary/aromatic N) is 2. The normalized spacial score (nSPS) is 19.6. The second kappa shape index (κ2) is 21.7. The number of benzene rings is 1. The maximum absolute atomic E-state index is 14.2. The van der Waals surface area contributed by atoms with Crippen molar-refractivity contribution in [2.24, 2.45) is 5.41 Å². The molecule has 1 aliphatic carbocycles. The molecule has 0 saturated carbocycles. The van der Waals surface area contributed by atoms with Gasteiger partial charge in [0.05, 0.1) is 65.0 Å². The first kappa shape index (κ1) is 45.1. The Morgan fingerprint density at radius 2 is 1.44 bits per heavy atom. The van der Waals surface area contributed by atoms with E-state index >= 15 is 0 Å². The lowest BCUT2D eigenvalue weighted by molar-refractivity contribution is -0.144. The molecule has 14 heteroatoms. The molecule has 1 fully saturated rings. The van der Waals surface area contributed by atoms with Crippen LogP contribution in [0.15, 0.2) is 24.3 Å². The summed E-state index contributed by atoms with van der Waals surface area (Å²) < 4.78 is 33.8. The van der Waals surface area contributed by atoms with Gasteiger partial charge in [0.1, 0.15) is 23.7 Å². The molecule has 0 spiro atoms.